The predicted molar refractivity (Wildman–Crippen MR) is 165 cm³/mol. The van der Waals surface area contributed by atoms with Crippen LogP contribution in [0.4, 0.5) is 0 Å². The maximum atomic E-state index is 12.3. The quantitative estimate of drug-likeness (QED) is 0.160. The van der Waals surface area contributed by atoms with Gasteiger partial charge in [-0.3, -0.25) is 19.2 Å². The highest BCUT2D eigenvalue weighted by molar-refractivity contribution is 5.98. The summed E-state index contributed by atoms with van der Waals surface area (Å²) in [5, 5.41) is 9.03. The smallest absolute Gasteiger partial charge is 0.305 e. The van der Waals surface area contributed by atoms with Crippen molar-refractivity contribution in [1.82, 2.24) is 16.0 Å². The molecule has 2 atom stereocenters. The lowest BCUT2D eigenvalue weighted by molar-refractivity contribution is -0.140. The van der Waals surface area contributed by atoms with Gasteiger partial charge in [0, 0.05) is 48.3 Å². The first-order valence-corrected chi connectivity index (χ1v) is 14.0. The highest BCUT2D eigenvalue weighted by Crippen LogP contribution is 2.08. The summed E-state index contributed by atoms with van der Waals surface area (Å²) in [5.41, 5.74) is 8.35. The number of Topliss-reactive ketones (excluding diaryl/α,β-unsaturated/α-hetero) is 2. The topological polar surface area (TPSA) is 140 Å². The molecular weight excluding hydrogens is 532 g/mol. The third-order valence-electron chi connectivity index (χ3n) is 6.40. The van der Waals surface area contributed by atoms with Crippen LogP contribution in [0.2, 0.25) is 0 Å². The van der Waals surface area contributed by atoms with E-state index in [1.807, 2.05) is 74.5 Å². The van der Waals surface area contributed by atoms with Gasteiger partial charge in [0.2, 0.25) is 0 Å². The first-order chi connectivity index (χ1) is 20.2. The summed E-state index contributed by atoms with van der Waals surface area (Å²) in [7, 11) is 1.36. The lowest BCUT2D eigenvalue weighted by Crippen LogP contribution is -2.41. The van der Waals surface area contributed by atoms with E-state index in [-0.39, 0.29) is 42.1 Å². The summed E-state index contributed by atoms with van der Waals surface area (Å²) in [6, 6.07) is 25.6. The minimum atomic E-state index is -0.256. The van der Waals surface area contributed by atoms with E-state index >= 15 is 0 Å². The molecule has 0 aliphatic heterocycles. The van der Waals surface area contributed by atoms with Gasteiger partial charge in [-0.15, -0.1) is 0 Å². The van der Waals surface area contributed by atoms with Crippen molar-refractivity contribution in [3.63, 3.8) is 0 Å². The van der Waals surface area contributed by atoms with Crippen LogP contribution in [-0.4, -0.2) is 68.8 Å². The molecule has 0 aromatic heterocycles. The molecule has 0 saturated carbocycles. The summed E-state index contributed by atoms with van der Waals surface area (Å²) in [5.74, 6) is -0.316. The Hall–Kier alpha value is -4.18. The standard InChI is InChI=1S/C22H26N2O4.C11H16N2O/c1-16(23-15-20(25)18-6-4-3-5-7-18)14-24-22(27)19-11-8-17(9-12-19)10-13-21(26)28-2;1-9(7-12)13-8-11(14)10-5-3-2-4-6-10/h3-9,11-12,16,23H,10,13-15H2,1-2H3,(H,24,27);2-6,9,13H,7-8,12H2,1H3. The van der Waals surface area contributed by atoms with Crippen LogP contribution in [0.15, 0.2) is 84.9 Å². The summed E-state index contributed by atoms with van der Waals surface area (Å²) >= 11 is 0. The van der Waals surface area contributed by atoms with Gasteiger partial charge in [-0.1, -0.05) is 72.8 Å². The number of nitrogens with two attached hydrogens (primary N) is 1. The molecular formula is C33H42N4O5. The van der Waals surface area contributed by atoms with Crippen LogP contribution < -0.4 is 21.7 Å². The van der Waals surface area contributed by atoms with E-state index in [1.54, 1.807) is 24.3 Å². The third-order valence-corrected chi connectivity index (χ3v) is 6.40. The number of carbonyl (C=O) groups is 4. The highest BCUT2D eigenvalue weighted by Gasteiger charge is 2.11. The molecule has 42 heavy (non-hydrogen) atoms. The zero-order valence-corrected chi connectivity index (χ0v) is 24.6. The largest absolute Gasteiger partial charge is 0.469 e. The lowest BCUT2D eigenvalue weighted by Gasteiger charge is -2.14. The number of hydrogen-bond acceptors (Lipinski definition) is 8. The number of carbonyl (C=O) groups excluding carboxylic acids is 4. The van der Waals surface area contributed by atoms with Crippen LogP contribution in [0.3, 0.4) is 0 Å². The summed E-state index contributed by atoms with van der Waals surface area (Å²) < 4.78 is 4.62. The Morgan fingerprint density at radius 1 is 0.714 bits per heavy atom. The predicted octanol–water partition coefficient (Wildman–Crippen LogP) is 3.19. The van der Waals surface area contributed by atoms with Gasteiger partial charge in [0.05, 0.1) is 20.2 Å². The Bertz CT molecular complexity index is 1250. The third kappa shape index (κ3) is 13.0. The number of amides is 1. The molecule has 1 amide bonds. The number of esters is 1. The van der Waals surface area contributed by atoms with E-state index in [0.29, 0.717) is 43.6 Å². The molecule has 3 rings (SSSR count). The number of rotatable bonds is 15. The second kappa shape index (κ2) is 19.0. The molecule has 0 aliphatic carbocycles. The van der Waals surface area contributed by atoms with Gasteiger partial charge in [0.1, 0.15) is 0 Å². The van der Waals surface area contributed by atoms with Crippen molar-refractivity contribution >= 4 is 23.4 Å². The number of methoxy groups -OCH3 is 1. The van der Waals surface area contributed by atoms with E-state index in [1.165, 1.54) is 7.11 Å². The Kier molecular flexibility index (Phi) is 15.4. The van der Waals surface area contributed by atoms with Gasteiger partial charge < -0.3 is 26.4 Å². The molecule has 9 heteroatoms. The molecule has 0 saturated heterocycles. The SMILES string of the molecule is CC(CN)NCC(=O)c1ccccc1.COC(=O)CCc1ccc(C(=O)NCC(C)NCC(=O)c2ccccc2)cc1. The van der Waals surface area contributed by atoms with E-state index in [4.69, 9.17) is 5.73 Å². The molecule has 3 aromatic rings. The number of hydrogen-bond donors (Lipinski definition) is 4. The minimum absolute atomic E-state index is 0.0151. The molecule has 0 aliphatic rings. The molecule has 0 heterocycles. The molecule has 5 N–H and O–H groups in total. The average molecular weight is 575 g/mol. The fraction of sp³-hybridized carbons (Fsp3) is 0.333. The number of ketones is 2. The number of ether oxygens (including phenoxy) is 1. The minimum Gasteiger partial charge on any atom is -0.469 e. The van der Waals surface area contributed by atoms with Crippen molar-refractivity contribution in [3.8, 4) is 0 Å². The zero-order valence-electron chi connectivity index (χ0n) is 24.6. The van der Waals surface area contributed by atoms with E-state index in [2.05, 4.69) is 20.7 Å². The first kappa shape index (κ1) is 34.0. The van der Waals surface area contributed by atoms with Crippen molar-refractivity contribution in [1.29, 1.82) is 0 Å². The maximum absolute atomic E-state index is 12.3. The van der Waals surface area contributed by atoms with Crippen LogP contribution in [-0.2, 0) is 16.0 Å². The van der Waals surface area contributed by atoms with Gasteiger partial charge in [-0.05, 0) is 38.0 Å². The number of nitrogens with one attached hydrogen (secondary N) is 3. The van der Waals surface area contributed by atoms with E-state index < -0.39 is 0 Å². The Morgan fingerprint density at radius 3 is 1.69 bits per heavy atom. The zero-order chi connectivity index (χ0) is 30.7. The van der Waals surface area contributed by atoms with Crippen molar-refractivity contribution in [2.24, 2.45) is 5.73 Å². The van der Waals surface area contributed by atoms with Crippen molar-refractivity contribution in [2.75, 3.05) is 33.3 Å². The molecule has 0 radical (unpaired) electrons. The summed E-state index contributed by atoms with van der Waals surface area (Å²) in [6.45, 7) is 5.39. The summed E-state index contributed by atoms with van der Waals surface area (Å²) in [4.78, 5) is 47.1. The normalized spacial score (nSPS) is 11.8. The fourth-order valence-electron chi connectivity index (χ4n) is 3.66. The molecule has 0 bridgehead atoms. The molecule has 2 unspecified atom stereocenters. The van der Waals surface area contributed by atoms with Gasteiger partial charge in [-0.2, -0.15) is 0 Å². The maximum Gasteiger partial charge on any atom is 0.305 e. The van der Waals surface area contributed by atoms with Crippen LogP contribution >= 0.6 is 0 Å². The van der Waals surface area contributed by atoms with Crippen LogP contribution in [0, 0.1) is 0 Å². The van der Waals surface area contributed by atoms with Crippen LogP contribution in [0.25, 0.3) is 0 Å². The molecule has 3 aromatic carbocycles. The lowest BCUT2D eigenvalue weighted by atomic mass is 10.1. The molecule has 224 valence electrons. The second-order valence-corrected chi connectivity index (χ2v) is 9.86. The highest BCUT2D eigenvalue weighted by atomic mass is 16.5. The molecule has 9 nitrogen and oxygen atoms in total. The van der Waals surface area contributed by atoms with Crippen molar-refractivity contribution in [2.45, 2.75) is 38.8 Å². The van der Waals surface area contributed by atoms with Gasteiger partial charge >= 0.3 is 5.97 Å². The Balaban J connectivity index is 0.000000369. The molecule has 0 spiro atoms. The second-order valence-electron chi connectivity index (χ2n) is 9.86. The Labute approximate surface area is 248 Å². The van der Waals surface area contributed by atoms with Crippen molar-refractivity contribution in [3.05, 3.63) is 107 Å². The molecule has 0 fully saturated rings. The fourth-order valence-corrected chi connectivity index (χ4v) is 3.66. The van der Waals surface area contributed by atoms with Crippen LogP contribution in [0.5, 0.6) is 0 Å². The van der Waals surface area contributed by atoms with Gasteiger partial charge in [0.15, 0.2) is 11.6 Å². The van der Waals surface area contributed by atoms with Gasteiger partial charge in [0.25, 0.3) is 5.91 Å². The Morgan fingerprint density at radius 2 is 1.21 bits per heavy atom. The first-order valence-electron chi connectivity index (χ1n) is 14.0. The van der Waals surface area contributed by atoms with E-state index in [9.17, 15) is 19.2 Å². The number of benzene rings is 3. The van der Waals surface area contributed by atoms with Crippen LogP contribution in [0.1, 0.15) is 56.9 Å². The van der Waals surface area contributed by atoms with E-state index in [0.717, 1.165) is 11.1 Å². The average Bonchev–Trinajstić information content (AvgIpc) is 3.04. The monoisotopic (exact) mass is 574 g/mol. The van der Waals surface area contributed by atoms with Gasteiger partial charge in [-0.25, -0.2) is 0 Å². The van der Waals surface area contributed by atoms with Crippen molar-refractivity contribution < 1.29 is 23.9 Å². The number of aryl methyl sites for hydroxylation is 1. The summed E-state index contributed by atoms with van der Waals surface area (Å²) in [6.07, 6.45) is 0.887.